The summed E-state index contributed by atoms with van der Waals surface area (Å²) >= 11 is 0. The molecule has 1 aliphatic carbocycles. The van der Waals surface area contributed by atoms with Crippen molar-refractivity contribution in [2.75, 3.05) is 13.2 Å². The molecule has 2 N–H and O–H groups in total. The van der Waals surface area contributed by atoms with Crippen molar-refractivity contribution in [3.05, 3.63) is 23.8 Å². The number of ether oxygens (including phenoxy) is 2. The number of rotatable bonds is 7. The summed E-state index contributed by atoms with van der Waals surface area (Å²) in [5.41, 5.74) is 1.03. The molecule has 1 saturated carbocycles. The Kier molecular flexibility index (Phi) is 6.41. The first kappa shape index (κ1) is 19.0. The Morgan fingerprint density at radius 2 is 1.92 bits per heavy atom. The highest BCUT2D eigenvalue weighted by Crippen LogP contribution is 2.34. The summed E-state index contributed by atoms with van der Waals surface area (Å²) in [7, 11) is 0. The molecule has 4 atom stereocenters. The topological polar surface area (TPSA) is 59.6 Å². The highest BCUT2D eigenvalue weighted by atomic mass is 16.5. The molecule has 5 nitrogen and oxygen atoms in total. The fourth-order valence-corrected chi connectivity index (χ4v) is 4.26. The standard InChI is InChI=1S/C21H32N2O3/c1-4-25-19-11-10-15(13-20(19)26-5-2)14(3)22-21(24)18-12-16-8-6-7-9-17(16)23-18/h10-11,13-14,16-18,23H,4-9,12H2,1-3H3,(H,22,24). The molecule has 2 aliphatic rings. The minimum absolute atomic E-state index is 0.0559. The molecule has 2 fully saturated rings. The van der Waals surface area contributed by atoms with Gasteiger partial charge in [0.15, 0.2) is 11.5 Å². The Morgan fingerprint density at radius 3 is 2.65 bits per heavy atom. The van der Waals surface area contributed by atoms with Gasteiger partial charge in [-0.05, 0) is 63.6 Å². The second-order valence-corrected chi connectivity index (χ2v) is 7.41. The van der Waals surface area contributed by atoms with Crippen LogP contribution in [0.1, 0.15) is 64.5 Å². The van der Waals surface area contributed by atoms with E-state index in [1.54, 1.807) is 0 Å². The number of nitrogens with one attached hydrogen (secondary N) is 2. The molecule has 1 saturated heterocycles. The monoisotopic (exact) mass is 360 g/mol. The average molecular weight is 360 g/mol. The van der Waals surface area contributed by atoms with Crippen molar-refractivity contribution < 1.29 is 14.3 Å². The second kappa shape index (κ2) is 8.76. The molecule has 0 radical (unpaired) electrons. The van der Waals surface area contributed by atoms with Crippen LogP contribution in [0.3, 0.4) is 0 Å². The van der Waals surface area contributed by atoms with Gasteiger partial charge in [0.2, 0.25) is 5.91 Å². The summed E-state index contributed by atoms with van der Waals surface area (Å²) in [5, 5.41) is 6.72. The van der Waals surface area contributed by atoms with E-state index in [9.17, 15) is 4.79 Å². The molecule has 0 spiro atoms. The Balaban J connectivity index is 1.62. The van der Waals surface area contributed by atoms with Crippen LogP contribution in [0.25, 0.3) is 0 Å². The molecule has 0 bridgehead atoms. The summed E-state index contributed by atoms with van der Waals surface area (Å²) in [6.07, 6.45) is 6.02. The van der Waals surface area contributed by atoms with Crippen LogP contribution >= 0.6 is 0 Å². The van der Waals surface area contributed by atoms with Crippen molar-refractivity contribution in [1.29, 1.82) is 0 Å². The van der Waals surface area contributed by atoms with E-state index in [4.69, 9.17) is 9.47 Å². The van der Waals surface area contributed by atoms with Crippen LogP contribution in [0.2, 0.25) is 0 Å². The third kappa shape index (κ3) is 4.32. The van der Waals surface area contributed by atoms with Gasteiger partial charge >= 0.3 is 0 Å². The van der Waals surface area contributed by atoms with Crippen LogP contribution in [0.5, 0.6) is 11.5 Å². The first-order chi connectivity index (χ1) is 12.6. The normalized spacial score (nSPS) is 26.0. The molecule has 1 heterocycles. The highest BCUT2D eigenvalue weighted by molar-refractivity contribution is 5.82. The van der Waals surface area contributed by atoms with Gasteiger partial charge in [-0.15, -0.1) is 0 Å². The van der Waals surface area contributed by atoms with Crippen molar-refractivity contribution >= 4 is 5.91 Å². The molecule has 26 heavy (non-hydrogen) atoms. The van der Waals surface area contributed by atoms with Gasteiger partial charge in [-0.25, -0.2) is 0 Å². The third-order valence-corrected chi connectivity index (χ3v) is 5.61. The van der Waals surface area contributed by atoms with Crippen molar-refractivity contribution in [3.8, 4) is 11.5 Å². The van der Waals surface area contributed by atoms with Gasteiger partial charge in [0, 0.05) is 6.04 Å². The van der Waals surface area contributed by atoms with Crippen LogP contribution in [0.4, 0.5) is 0 Å². The zero-order valence-corrected chi connectivity index (χ0v) is 16.2. The zero-order chi connectivity index (χ0) is 18.5. The number of hydrogen-bond donors (Lipinski definition) is 2. The van der Waals surface area contributed by atoms with E-state index in [1.165, 1.54) is 25.7 Å². The molecular weight excluding hydrogens is 328 g/mol. The van der Waals surface area contributed by atoms with Crippen LogP contribution in [0.15, 0.2) is 18.2 Å². The van der Waals surface area contributed by atoms with Gasteiger partial charge in [-0.2, -0.15) is 0 Å². The summed E-state index contributed by atoms with van der Waals surface area (Å²) in [4.78, 5) is 12.7. The van der Waals surface area contributed by atoms with Crippen LogP contribution in [-0.4, -0.2) is 31.2 Å². The lowest BCUT2D eigenvalue weighted by Crippen LogP contribution is -2.43. The van der Waals surface area contributed by atoms with Crippen LogP contribution < -0.4 is 20.1 Å². The summed E-state index contributed by atoms with van der Waals surface area (Å²) in [5.74, 6) is 2.26. The number of carbonyl (C=O) groups excluding carboxylic acids is 1. The minimum Gasteiger partial charge on any atom is -0.490 e. The highest BCUT2D eigenvalue weighted by Gasteiger charge is 2.38. The molecule has 4 unspecified atom stereocenters. The molecule has 144 valence electrons. The second-order valence-electron chi connectivity index (χ2n) is 7.41. The molecule has 3 rings (SSSR count). The summed E-state index contributed by atoms with van der Waals surface area (Å²) in [6.45, 7) is 7.11. The van der Waals surface area contributed by atoms with E-state index in [2.05, 4.69) is 10.6 Å². The van der Waals surface area contributed by atoms with Gasteiger partial charge in [0.1, 0.15) is 0 Å². The van der Waals surface area contributed by atoms with E-state index in [1.807, 2.05) is 39.0 Å². The molecule has 1 aromatic carbocycles. The van der Waals surface area contributed by atoms with Gasteiger partial charge in [-0.3, -0.25) is 4.79 Å². The summed E-state index contributed by atoms with van der Waals surface area (Å²) < 4.78 is 11.3. The lowest BCUT2D eigenvalue weighted by Gasteiger charge is -2.24. The predicted molar refractivity (Wildman–Crippen MR) is 103 cm³/mol. The van der Waals surface area contributed by atoms with Crippen molar-refractivity contribution in [1.82, 2.24) is 10.6 Å². The van der Waals surface area contributed by atoms with E-state index in [0.29, 0.717) is 25.2 Å². The Morgan fingerprint density at radius 1 is 1.19 bits per heavy atom. The van der Waals surface area contributed by atoms with E-state index in [0.717, 1.165) is 23.5 Å². The number of amides is 1. The van der Waals surface area contributed by atoms with Gasteiger partial charge < -0.3 is 20.1 Å². The largest absolute Gasteiger partial charge is 0.490 e. The minimum atomic E-state index is -0.0678. The third-order valence-electron chi connectivity index (χ3n) is 5.61. The van der Waals surface area contributed by atoms with Crippen molar-refractivity contribution in [2.24, 2.45) is 5.92 Å². The maximum Gasteiger partial charge on any atom is 0.237 e. The predicted octanol–water partition coefficient (Wildman–Crippen LogP) is 3.58. The molecular formula is C21H32N2O3. The quantitative estimate of drug-likeness (QED) is 0.780. The Hall–Kier alpha value is -1.75. The smallest absolute Gasteiger partial charge is 0.237 e. The molecule has 0 aromatic heterocycles. The SMILES string of the molecule is CCOc1ccc(C(C)NC(=O)C2CC3CCCCC3N2)cc1OCC. The molecule has 5 heteroatoms. The zero-order valence-electron chi connectivity index (χ0n) is 16.2. The van der Waals surface area contributed by atoms with E-state index < -0.39 is 0 Å². The Labute approximate surface area is 156 Å². The maximum atomic E-state index is 12.7. The Bertz CT molecular complexity index is 605. The summed E-state index contributed by atoms with van der Waals surface area (Å²) in [6, 6.07) is 6.31. The molecule has 1 aliphatic heterocycles. The van der Waals surface area contributed by atoms with Gasteiger partial charge in [-0.1, -0.05) is 18.9 Å². The first-order valence-corrected chi connectivity index (χ1v) is 10.1. The fourth-order valence-electron chi connectivity index (χ4n) is 4.26. The number of benzene rings is 1. The van der Waals surface area contributed by atoms with Crippen molar-refractivity contribution in [2.45, 2.75) is 71.0 Å². The average Bonchev–Trinajstić information content (AvgIpc) is 3.08. The van der Waals surface area contributed by atoms with Gasteiger partial charge in [0.05, 0.1) is 25.3 Å². The first-order valence-electron chi connectivity index (χ1n) is 10.1. The lowest BCUT2D eigenvalue weighted by molar-refractivity contribution is -0.123. The molecule has 1 amide bonds. The molecule has 1 aromatic rings. The fraction of sp³-hybridized carbons (Fsp3) is 0.667. The van der Waals surface area contributed by atoms with Crippen LogP contribution in [0, 0.1) is 5.92 Å². The van der Waals surface area contributed by atoms with Gasteiger partial charge in [0.25, 0.3) is 0 Å². The number of hydrogen-bond acceptors (Lipinski definition) is 4. The maximum absolute atomic E-state index is 12.7. The van der Waals surface area contributed by atoms with Crippen molar-refractivity contribution in [3.63, 3.8) is 0 Å². The van der Waals surface area contributed by atoms with Crippen LogP contribution in [-0.2, 0) is 4.79 Å². The van der Waals surface area contributed by atoms with E-state index >= 15 is 0 Å². The van der Waals surface area contributed by atoms with E-state index in [-0.39, 0.29) is 18.0 Å². The number of fused-ring (bicyclic) bond motifs is 1. The lowest BCUT2D eigenvalue weighted by atomic mass is 9.85. The number of carbonyl (C=O) groups is 1.